The molecule has 1 aliphatic rings. The fourth-order valence-electron chi connectivity index (χ4n) is 2.62. The van der Waals surface area contributed by atoms with E-state index in [0.717, 1.165) is 5.69 Å². The molecule has 0 aromatic heterocycles. The monoisotopic (exact) mass is 336 g/mol. The van der Waals surface area contributed by atoms with Crippen LogP contribution >= 0.6 is 11.6 Å². The zero-order valence-electron chi connectivity index (χ0n) is 12.0. The molecule has 0 spiro atoms. The molecule has 0 aliphatic carbocycles. The molecular formula is C16H17ClN2O2S. The summed E-state index contributed by atoms with van der Waals surface area (Å²) in [6, 6.07) is 16.2. The van der Waals surface area contributed by atoms with Crippen molar-refractivity contribution in [2.75, 3.05) is 31.1 Å². The van der Waals surface area contributed by atoms with E-state index in [9.17, 15) is 8.42 Å². The number of halogens is 1. The standard InChI is InChI=1S/C16H17ClN2O2S/c17-15-8-4-5-9-16(15)18-10-12-19(13-11-18)22(20,21)14-6-2-1-3-7-14/h1-9H,10-13H2. The Hall–Kier alpha value is -1.56. The van der Waals surface area contributed by atoms with E-state index >= 15 is 0 Å². The topological polar surface area (TPSA) is 40.6 Å². The van der Waals surface area contributed by atoms with Crippen LogP contribution in [0.4, 0.5) is 5.69 Å². The summed E-state index contributed by atoms with van der Waals surface area (Å²) in [5.41, 5.74) is 0.959. The van der Waals surface area contributed by atoms with Gasteiger partial charge in [0.05, 0.1) is 15.6 Å². The molecule has 3 rings (SSSR count). The van der Waals surface area contributed by atoms with Gasteiger partial charge in [0.2, 0.25) is 10.0 Å². The number of rotatable bonds is 3. The van der Waals surface area contributed by atoms with E-state index < -0.39 is 10.0 Å². The lowest BCUT2D eigenvalue weighted by Gasteiger charge is -2.35. The van der Waals surface area contributed by atoms with Crippen LogP contribution < -0.4 is 4.90 Å². The average molecular weight is 337 g/mol. The summed E-state index contributed by atoms with van der Waals surface area (Å²) in [6.07, 6.45) is 0. The largest absolute Gasteiger partial charge is 0.368 e. The molecule has 4 nitrogen and oxygen atoms in total. The minimum absolute atomic E-state index is 0.348. The van der Waals surface area contributed by atoms with Gasteiger partial charge in [0.25, 0.3) is 0 Å². The molecule has 6 heteroatoms. The maximum atomic E-state index is 12.6. The number of piperazine rings is 1. The fraction of sp³-hybridized carbons (Fsp3) is 0.250. The second kappa shape index (κ2) is 6.28. The van der Waals surface area contributed by atoms with Gasteiger partial charge in [-0.05, 0) is 24.3 Å². The molecule has 1 fully saturated rings. The van der Waals surface area contributed by atoms with Gasteiger partial charge in [-0.2, -0.15) is 4.31 Å². The van der Waals surface area contributed by atoms with Crippen molar-refractivity contribution in [1.82, 2.24) is 4.31 Å². The zero-order chi connectivity index (χ0) is 15.6. The Balaban J connectivity index is 1.74. The Kier molecular flexibility index (Phi) is 4.38. The Morgan fingerprint density at radius 3 is 2.05 bits per heavy atom. The lowest BCUT2D eigenvalue weighted by Crippen LogP contribution is -2.48. The van der Waals surface area contributed by atoms with E-state index in [4.69, 9.17) is 11.6 Å². The van der Waals surface area contributed by atoms with Crippen LogP contribution in [0.15, 0.2) is 59.5 Å². The Morgan fingerprint density at radius 2 is 1.41 bits per heavy atom. The number of para-hydroxylation sites is 1. The molecule has 0 bridgehead atoms. The Labute approximate surface area is 136 Å². The Morgan fingerprint density at radius 1 is 0.818 bits per heavy atom. The van der Waals surface area contributed by atoms with Crippen molar-refractivity contribution in [2.45, 2.75) is 4.90 Å². The van der Waals surface area contributed by atoms with Gasteiger partial charge in [-0.3, -0.25) is 0 Å². The summed E-state index contributed by atoms with van der Waals surface area (Å²) in [5, 5.41) is 0.696. The minimum Gasteiger partial charge on any atom is -0.368 e. The first kappa shape index (κ1) is 15.3. The molecule has 1 heterocycles. The minimum atomic E-state index is -3.40. The van der Waals surface area contributed by atoms with Crippen LogP contribution in [-0.4, -0.2) is 38.9 Å². The molecule has 22 heavy (non-hydrogen) atoms. The number of benzene rings is 2. The maximum Gasteiger partial charge on any atom is 0.243 e. The van der Waals surface area contributed by atoms with Gasteiger partial charge in [0.1, 0.15) is 0 Å². The summed E-state index contributed by atoms with van der Waals surface area (Å²) in [4.78, 5) is 2.47. The van der Waals surface area contributed by atoms with Crippen molar-refractivity contribution in [1.29, 1.82) is 0 Å². The molecule has 0 saturated carbocycles. The van der Waals surface area contributed by atoms with E-state index in [2.05, 4.69) is 4.90 Å². The quantitative estimate of drug-likeness (QED) is 0.865. The van der Waals surface area contributed by atoms with Gasteiger partial charge in [0.15, 0.2) is 0 Å². The predicted molar refractivity (Wildman–Crippen MR) is 88.9 cm³/mol. The van der Waals surface area contributed by atoms with E-state index in [1.165, 1.54) is 4.31 Å². The SMILES string of the molecule is O=S(=O)(c1ccccc1)N1CCN(c2ccccc2Cl)CC1. The molecule has 116 valence electrons. The normalized spacial score (nSPS) is 16.7. The van der Waals surface area contributed by atoms with Gasteiger partial charge in [-0.1, -0.05) is 41.9 Å². The first-order chi connectivity index (χ1) is 10.6. The van der Waals surface area contributed by atoms with Crippen LogP contribution in [0.5, 0.6) is 0 Å². The molecule has 0 N–H and O–H groups in total. The smallest absolute Gasteiger partial charge is 0.243 e. The molecule has 2 aromatic carbocycles. The highest BCUT2D eigenvalue weighted by atomic mass is 35.5. The molecule has 0 unspecified atom stereocenters. The van der Waals surface area contributed by atoms with Gasteiger partial charge >= 0.3 is 0 Å². The number of anilines is 1. The van der Waals surface area contributed by atoms with Crippen LogP contribution in [0.2, 0.25) is 5.02 Å². The third kappa shape index (κ3) is 2.97. The van der Waals surface area contributed by atoms with Crippen molar-refractivity contribution in [3.63, 3.8) is 0 Å². The second-order valence-electron chi connectivity index (χ2n) is 5.16. The van der Waals surface area contributed by atoms with Crippen molar-refractivity contribution >= 4 is 27.3 Å². The van der Waals surface area contributed by atoms with Crippen LogP contribution in [0.1, 0.15) is 0 Å². The van der Waals surface area contributed by atoms with Gasteiger partial charge in [-0.25, -0.2) is 8.42 Å². The highest BCUT2D eigenvalue weighted by molar-refractivity contribution is 7.89. The molecule has 1 aliphatic heterocycles. The van der Waals surface area contributed by atoms with Crippen molar-refractivity contribution < 1.29 is 8.42 Å². The van der Waals surface area contributed by atoms with E-state index in [0.29, 0.717) is 36.1 Å². The highest BCUT2D eigenvalue weighted by Crippen LogP contribution is 2.27. The molecule has 0 radical (unpaired) electrons. The fourth-order valence-corrected chi connectivity index (χ4v) is 4.32. The van der Waals surface area contributed by atoms with E-state index in [1.807, 2.05) is 30.3 Å². The van der Waals surface area contributed by atoms with Crippen LogP contribution in [0.3, 0.4) is 0 Å². The molecule has 2 aromatic rings. The number of sulfonamides is 1. The van der Waals surface area contributed by atoms with Crippen LogP contribution in [-0.2, 0) is 10.0 Å². The molecule has 1 saturated heterocycles. The van der Waals surface area contributed by atoms with Crippen molar-refractivity contribution in [3.05, 3.63) is 59.6 Å². The summed E-state index contributed by atoms with van der Waals surface area (Å²) in [7, 11) is -3.40. The average Bonchev–Trinajstić information content (AvgIpc) is 2.56. The van der Waals surface area contributed by atoms with Crippen molar-refractivity contribution in [2.24, 2.45) is 0 Å². The maximum absolute atomic E-state index is 12.6. The van der Waals surface area contributed by atoms with Crippen LogP contribution in [0.25, 0.3) is 0 Å². The van der Waals surface area contributed by atoms with E-state index in [-0.39, 0.29) is 0 Å². The number of hydrogen-bond acceptors (Lipinski definition) is 3. The third-order valence-electron chi connectivity index (χ3n) is 3.81. The van der Waals surface area contributed by atoms with Gasteiger partial charge in [0, 0.05) is 26.2 Å². The van der Waals surface area contributed by atoms with Gasteiger partial charge < -0.3 is 4.90 Å². The summed E-state index contributed by atoms with van der Waals surface area (Å²) >= 11 is 6.21. The Bertz CT molecular complexity index is 742. The van der Waals surface area contributed by atoms with E-state index in [1.54, 1.807) is 24.3 Å². The highest BCUT2D eigenvalue weighted by Gasteiger charge is 2.28. The first-order valence-electron chi connectivity index (χ1n) is 7.14. The number of hydrogen-bond donors (Lipinski definition) is 0. The lowest BCUT2D eigenvalue weighted by molar-refractivity contribution is 0.385. The first-order valence-corrected chi connectivity index (χ1v) is 8.95. The second-order valence-corrected chi connectivity index (χ2v) is 7.50. The third-order valence-corrected chi connectivity index (χ3v) is 6.05. The molecule has 0 atom stereocenters. The van der Waals surface area contributed by atoms with Crippen molar-refractivity contribution in [3.8, 4) is 0 Å². The van der Waals surface area contributed by atoms with Gasteiger partial charge in [-0.15, -0.1) is 0 Å². The lowest BCUT2D eigenvalue weighted by atomic mass is 10.2. The number of nitrogens with zero attached hydrogens (tertiary/aromatic N) is 2. The summed E-state index contributed by atoms with van der Waals surface area (Å²) in [6.45, 7) is 2.19. The zero-order valence-corrected chi connectivity index (χ0v) is 13.6. The molecular weight excluding hydrogens is 320 g/mol. The summed E-state index contributed by atoms with van der Waals surface area (Å²) < 4.78 is 26.7. The van der Waals surface area contributed by atoms with Crippen LogP contribution in [0, 0.1) is 0 Å². The summed E-state index contributed by atoms with van der Waals surface area (Å²) in [5.74, 6) is 0. The predicted octanol–water partition coefficient (Wildman–Crippen LogP) is 2.85. The molecule has 0 amide bonds.